The Hall–Kier alpha value is -1.58. The fourth-order valence-corrected chi connectivity index (χ4v) is 2.55. The van der Waals surface area contributed by atoms with Crippen molar-refractivity contribution < 1.29 is 4.79 Å². The summed E-state index contributed by atoms with van der Waals surface area (Å²) in [5, 5.41) is 3.03. The van der Waals surface area contributed by atoms with Crippen LogP contribution in [-0.2, 0) is 6.42 Å². The lowest BCUT2D eigenvalue weighted by molar-refractivity contribution is 0.0786. The fourth-order valence-electron chi connectivity index (χ4n) is 2.55. The molecule has 19 heavy (non-hydrogen) atoms. The molecule has 1 saturated heterocycles. The van der Waals surface area contributed by atoms with Gasteiger partial charge in [0.25, 0.3) is 5.91 Å². The zero-order valence-corrected chi connectivity index (χ0v) is 12.1. The Morgan fingerprint density at radius 3 is 2.84 bits per heavy atom. The Labute approximate surface area is 115 Å². The minimum atomic E-state index is 0.143. The largest absolute Gasteiger partial charge is 0.373 e. The molecule has 0 aliphatic carbocycles. The third-order valence-electron chi connectivity index (χ3n) is 3.89. The lowest BCUT2D eigenvalue weighted by Gasteiger charge is -2.17. The number of carbonyl (C=O) groups excluding carboxylic acids is 1. The number of carbonyl (C=O) groups is 1. The normalized spacial score (nSPS) is 18.7. The smallest absolute Gasteiger partial charge is 0.254 e. The second-order valence-corrected chi connectivity index (χ2v) is 5.15. The summed E-state index contributed by atoms with van der Waals surface area (Å²) in [7, 11) is 1.83. The standard InChI is InChI=1S/C15H23N3O/c1-4-11-6-7-18(10-11)15(19)12-8-13(5-2)17-14(9-12)16-3/h8-9,11H,4-7,10H2,1-3H3,(H,16,17). The first kappa shape index (κ1) is 13.8. The molecule has 1 aliphatic heterocycles. The van der Waals surface area contributed by atoms with Gasteiger partial charge < -0.3 is 10.2 Å². The van der Waals surface area contributed by atoms with Gasteiger partial charge in [-0.3, -0.25) is 4.79 Å². The third kappa shape index (κ3) is 3.06. The van der Waals surface area contributed by atoms with E-state index in [-0.39, 0.29) is 5.91 Å². The van der Waals surface area contributed by atoms with Crippen LogP contribution in [0.5, 0.6) is 0 Å². The van der Waals surface area contributed by atoms with Crippen molar-refractivity contribution in [1.82, 2.24) is 9.88 Å². The van der Waals surface area contributed by atoms with E-state index in [0.717, 1.165) is 49.4 Å². The average Bonchev–Trinajstić information content (AvgIpc) is 2.94. The summed E-state index contributed by atoms with van der Waals surface area (Å²) in [5.74, 6) is 1.58. The topological polar surface area (TPSA) is 45.2 Å². The molecule has 4 heteroatoms. The van der Waals surface area contributed by atoms with Crippen molar-refractivity contribution in [2.45, 2.75) is 33.1 Å². The number of pyridine rings is 1. The number of likely N-dealkylation sites (tertiary alicyclic amines) is 1. The molecule has 1 aliphatic rings. The SMILES string of the molecule is CCc1cc(C(=O)N2CCC(CC)C2)cc(NC)n1. The quantitative estimate of drug-likeness (QED) is 0.906. The van der Waals surface area contributed by atoms with Gasteiger partial charge in [-0.1, -0.05) is 20.3 Å². The van der Waals surface area contributed by atoms with Gasteiger partial charge in [0.15, 0.2) is 0 Å². The summed E-state index contributed by atoms with van der Waals surface area (Å²) in [6.45, 7) is 6.03. The molecular formula is C15H23N3O. The summed E-state index contributed by atoms with van der Waals surface area (Å²) in [5.41, 5.74) is 1.72. The predicted molar refractivity (Wildman–Crippen MR) is 77.5 cm³/mol. The summed E-state index contributed by atoms with van der Waals surface area (Å²) < 4.78 is 0. The average molecular weight is 261 g/mol. The Bertz CT molecular complexity index is 436. The first-order valence-corrected chi connectivity index (χ1v) is 7.15. The zero-order valence-electron chi connectivity index (χ0n) is 12.1. The van der Waals surface area contributed by atoms with Crippen molar-refractivity contribution in [3.8, 4) is 0 Å². The number of aromatic nitrogens is 1. The van der Waals surface area contributed by atoms with Crippen molar-refractivity contribution in [1.29, 1.82) is 0 Å². The molecule has 4 nitrogen and oxygen atoms in total. The highest BCUT2D eigenvalue weighted by molar-refractivity contribution is 5.95. The molecule has 2 heterocycles. The van der Waals surface area contributed by atoms with Crippen molar-refractivity contribution in [3.05, 3.63) is 23.4 Å². The first-order valence-electron chi connectivity index (χ1n) is 7.15. The van der Waals surface area contributed by atoms with Crippen molar-refractivity contribution in [2.24, 2.45) is 5.92 Å². The molecule has 0 bridgehead atoms. The zero-order chi connectivity index (χ0) is 13.8. The van der Waals surface area contributed by atoms with E-state index < -0.39 is 0 Å². The van der Waals surface area contributed by atoms with Gasteiger partial charge in [-0.05, 0) is 30.9 Å². The van der Waals surface area contributed by atoms with Crippen LogP contribution in [0.15, 0.2) is 12.1 Å². The maximum atomic E-state index is 12.5. The predicted octanol–water partition coefficient (Wildman–Crippen LogP) is 2.56. The van der Waals surface area contributed by atoms with Gasteiger partial charge in [0.2, 0.25) is 0 Å². The van der Waals surface area contributed by atoms with Crippen molar-refractivity contribution in [2.75, 3.05) is 25.5 Å². The van der Waals surface area contributed by atoms with E-state index in [1.165, 1.54) is 0 Å². The van der Waals surface area contributed by atoms with Gasteiger partial charge >= 0.3 is 0 Å². The highest BCUT2D eigenvalue weighted by atomic mass is 16.2. The Balaban J connectivity index is 2.19. The monoisotopic (exact) mass is 261 g/mol. The molecule has 1 atom stereocenters. The van der Waals surface area contributed by atoms with Gasteiger partial charge in [0, 0.05) is 31.4 Å². The van der Waals surface area contributed by atoms with Crippen LogP contribution in [0.3, 0.4) is 0 Å². The molecule has 1 aromatic rings. The summed E-state index contributed by atoms with van der Waals surface area (Å²) in [6, 6.07) is 3.77. The lowest BCUT2D eigenvalue weighted by atomic mass is 10.1. The molecule has 1 amide bonds. The fraction of sp³-hybridized carbons (Fsp3) is 0.600. The Kier molecular flexibility index (Phi) is 4.40. The first-order chi connectivity index (χ1) is 9.17. The number of hydrogen-bond acceptors (Lipinski definition) is 3. The second kappa shape index (κ2) is 6.04. The maximum Gasteiger partial charge on any atom is 0.254 e. The Morgan fingerprint density at radius 2 is 2.26 bits per heavy atom. The van der Waals surface area contributed by atoms with Gasteiger partial charge in [0.1, 0.15) is 5.82 Å². The van der Waals surface area contributed by atoms with Crippen LogP contribution in [-0.4, -0.2) is 35.9 Å². The minimum absolute atomic E-state index is 0.143. The number of rotatable bonds is 4. The number of aryl methyl sites for hydroxylation is 1. The van der Waals surface area contributed by atoms with E-state index in [1.54, 1.807) is 0 Å². The molecule has 0 saturated carbocycles. The van der Waals surface area contributed by atoms with E-state index in [0.29, 0.717) is 5.92 Å². The lowest BCUT2D eigenvalue weighted by Crippen LogP contribution is -2.28. The van der Waals surface area contributed by atoms with Crippen LogP contribution >= 0.6 is 0 Å². The number of nitrogens with one attached hydrogen (secondary N) is 1. The molecule has 1 N–H and O–H groups in total. The van der Waals surface area contributed by atoms with E-state index >= 15 is 0 Å². The van der Waals surface area contributed by atoms with Crippen LogP contribution < -0.4 is 5.32 Å². The van der Waals surface area contributed by atoms with Crippen molar-refractivity contribution in [3.63, 3.8) is 0 Å². The van der Waals surface area contributed by atoms with Crippen molar-refractivity contribution >= 4 is 11.7 Å². The summed E-state index contributed by atoms with van der Waals surface area (Å²) in [6.07, 6.45) is 3.13. The van der Waals surface area contributed by atoms with E-state index in [4.69, 9.17) is 0 Å². The summed E-state index contributed by atoms with van der Waals surface area (Å²) >= 11 is 0. The molecule has 104 valence electrons. The van der Waals surface area contributed by atoms with Gasteiger partial charge in [-0.25, -0.2) is 4.98 Å². The third-order valence-corrected chi connectivity index (χ3v) is 3.89. The maximum absolute atomic E-state index is 12.5. The van der Waals surface area contributed by atoms with E-state index in [9.17, 15) is 4.79 Å². The molecule has 0 aromatic carbocycles. The summed E-state index contributed by atoms with van der Waals surface area (Å²) in [4.78, 5) is 18.9. The van der Waals surface area contributed by atoms with Gasteiger partial charge in [0.05, 0.1) is 0 Å². The minimum Gasteiger partial charge on any atom is -0.373 e. The van der Waals surface area contributed by atoms with Crippen LogP contribution in [0.25, 0.3) is 0 Å². The Morgan fingerprint density at radius 1 is 1.47 bits per heavy atom. The molecule has 1 aromatic heterocycles. The molecule has 2 rings (SSSR count). The number of nitrogens with zero attached hydrogens (tertiary/aromatic N) is 2. The molecule has 0 spiro atoms. The number of anilines is 1. The van der Waals surface area contributed by atoms with Crippen LogP contribution in [0.4, 0.5) is 5.82 Å². The van der Waals surface area contributed by atoms with Gasteiger partial charge in [-0.2, -0.15) is 0 Å². The van der Waals surface area contributed by atoms with E-state index in [2.05, 4.69) is 24.1 Å². The highest BCUT2D eigenvalue weighted by Crippen LogP contribution is 2.22. The van der Waals surface area contributed by atoms with Crippen LogP contribution in [0.1, 0.15) is 42.7 Å². The molecule has 1 fully saturated rings. The molecule has 1 unspecified atom stereocenters. The van der Waals surface area contributed by atoms with Crippen LogP contribution in [0, 0.1) is 5.92 Å². The second-order valence-electron chi connectivity index (χ2n) is 5.15. The highest BCUT2D eigenvalue weighted by Gasteiger charge is 2.26. The molecule has 0 radical (unpaired) electrons. The van der Waals surface area contributed by atoms with Crippen LogP contribution in [0.2, 0.25) is 0 Å². The molecular weight excluding hydrogens is 238 g/mol. The number of amides is 1. The van der Waals surface area contributed by atoms with Gasteiger partial charge in [-0.15, -0.1) is 0 Å². The van der Waals surface area contributed by atoms with E-state index in [1.807, 2.05) is 24.1 Å². The number of hydrogen-bond donors (Lipinski definition) is 1.